The lowest BCUT2D eigenvalue weighted by Crippen LogP contribution is -2.32. The number of anilines is 1. The lowest BCUT2D eigenvalue weighted by atomic mass is 10.1. The number of hydrogen-bond donors (Lipinski definition) is 0. The first-order valence-electron chi connectivity index (χ1n) is 8.63. The van der Waals surface area contributed by atoms with Crippen molar-refractivity contribution in [2.45, 2.75) is 52.6 Å². The molecule has 24 heavy (non-hydrogen) atoms. The Labute approximate surface area is 143 Å². The molecular weight excluding hydrogens is 304 g/mol. The van der Waals surface area contributed by atoms with E-state index in [4.69, 9.17) is 9.72 Å². The molecule has 7 heteroatoms. The highest BCUT2D eigenvalue weighted by molar-refractivity contribution is 5.42. The highest BCUT2D eigenvalue weighted by Gasteiger charge is 2.24. The monoisotopic (exact) mass is 330 g/mol. The molecule has 0 fully saturated rings. The molecule has 0 amide bonds. The van der Waals surface area contributed by atoms with Gasteiger partial charge in [-0.3, -0.25) is 0 Å². The quantitative estimate of drug-likeness (QED) is 0.808. The normalized spacial score (nSPS) is 15.4. The number of fused-ring (bicyclic) bond motifs is 1. The fraction of sp³-hybridized carbons (Fsp3) is 0.647. The van der Waals surface area contributed by atoms with Crippen LogP contribution in [0.2, 0.25) is 0 Å². The summed E-state index contributed by atoms with van der Waals surface area (Å²) in [4.78, 5) is 11.7. The summed E-state index contributed by atoms with van der Waals surface area (Å²) < 4.78 is 7.10. The van der Waals surface area contributed by atoms with E-state index < -0.39 is 0 Å². The summed E-state index contributed by atoms with van der Waals surface area (Å²) in [6.07, 6.45) is 1.97. The largest absolute Gasteiger partial charge is 0.383 e. The number of hydrogen-bond acceptors (Lipinski definition) is 6. The maximum atomic E-state index is 5.14. The molecule has 1 atom stereocenters. The summed E-state index contributed by atoms with van der Waals surface area (Å²) in [7, 11) is 1.71. The van der Waals surface area contributed by atoms with Gasteiger partial charge in [-0.25, -0.2) is 14.6 Å². The van der Waals surface area contributed by atoms with Crippen LogP contribution in [0, 0.1) is 6.92 Å². The molecule has 0 saturated carbocycles. The van der Waals surface area contributed by atoms with Crippen molar-refractivity contribution in [1.82, 2.24) is 25.0 Å². The molecule has 0 aliphatic carbocycles. The van der Waals surface area contributed by atoms with E-state index in [1.165, 1.54) is 5.69 Å². The van der Waals surface area contributed by atoms with Crippen LogP contribution in [0.15, 0.2) is 6.07 Å². The standard InChI is InChI=1S/C17H26N6O/c1-5-12(2)17-18-13(3)10-16(19-17)22-7-6-15-14(11-22)20-21-23(15)8-9-24-4/h10,12H,5-9,11H2,1-4H3. The summed E-state index contributed by atoms with van der Waals surface area (Å²) in [5.74, 6) is 2.30. The van der Waals surface area contributed by atoms with E-state index in [0.717, 1.165) is 55.5 Å². The molecule has 0 N–H and O–H groups in total. The zero-order valence-corrected chi connectivity index (χ0v) is 15.0. The van der Waals surface area contributed by atoms with Gasteiger partial charge in [-0.05, 0) is 13.3 Å². The number of aryl methyl sites for hydroxylation is 1. The van der Waals surface area contributed by atoms with Crippen LogP contribution >= 0.6 is 0 Å². The zero-order valence-electron chi connectivity index (χ0n) is 15.0. The van der Waals surface area contributed by atoms with Crippen molar-refractivity contribution < 1.29 is 4.74 Å². The minimum atomic E-state index is 0.374. The van der Waals surface area contributed by atoms with E-state index in [-0.39, 0.29) is 0 Å². The van der Waals surface area contributed by atoms with Gasteiger partial charge >= 0.3 is 0 Å². The van der Waals surface area contributed by atoms with Crippen molar-refractivity contribution in [2.24, 2.45) is 0 Å². The number of ether oxygens (including phenoxy) is 1. The average Bonchev–Trinajstić information content (AvgIpc) is 3.00. The Morgan fingerprint density at radius 3 is 2.92 bits per heavy atom. The summed E-state index contributed by atoms with van der Waals surface area (Å²) in [6.45, 7) is 9.46. The van der Waals surface area contributed by atoms with Crippen molar-refractivity contribution >= 4 is 5.82 Å². The van der Waals surface area contributed by atoms with E-state index in [1.807, 2.05) is 11.6 Å². The maximum Gasteiger partial charge on any atom is 0.133 e. The Morgan fingerprint density at radius 2 is 2.17 bits per heavy atom. The summed E-state index contributed by atoms with van der Waals surface area (Å²) in [5, 5.41) is 8.62. The Morgan fingerprint density at radius 1 is 1.33 bits per heavy atom. The van der Waals surface area contributed by atoms with Gasteiger partial charge in [0, 0.05) is 37.8 Å². The Balaban J connectivity index is 1.80. The predicted octanol–water partition coefficient (Wildman–Crippen LogP) is 2.10. The molecule has 0 spiro atoms. The van der Waals surface area contributed by atoms with E-state index in [9.17, 15) is 0 Å². The molecule has 2 aromatic heterocycles. The van der Waals surface area contributed by atoms with Crippen LogP contribution in [-0.4, -0.2) is 45.2 Å². The first-order chi connectivity index (χ1) is 11.6. The first kappa shape index (κ1) is 16.8. The first-order valence-corrected chi connectivity index (χ1v) is 8.63. The third kappa shape index (κ3) is 3.40. The molecule has 1 aliphatic rings. The molecule has 0 radical (unpaired) electrons. The lowest BCUT2D eigenvalue weighted by molar-refractivity contribution is 0.181. The average molecular weight is 330 g/mol. The van der Waals surface area contributed by atoms with Crippen molar-refractivity contribution in [3.63, 3.8) is 0 Å². The van der Waals surface area contributed by atoms with E-state index in [0.29, 0.717) is 12.5 Å². The van der Waals surface area contributed by atoms with Crippen molar-refractivity contribution in [1.29, 1.82) is 0 Å². The third-order valence-electron chi connectivity index (χ3n) is 4.62. The summed E-state index contributed by atoms with van der Waals surface area (Å²) in [6, 6.07) is 2.06. The van der Waals surface area contributed by atoms with Crippen molar-refractivity contribution in [3.05, 3.63) is 29.0 Å². The minimum absolute atomic E-state index is 0.374. The van der Waals surface area contributed by atoms with Gasteiger partial charge < -0.3 is 9.64 Å². The SMILES string of the molecule is CCC(C)c1nc(C)cc(N2CCc3c(nnn3CCOC)C2)n1. The number of nitrogens with zero attached hydrogens (tertiary/aromatic N) is 6. The van der Waals surface area contributed by atoms with Gasteiger partial charge in [0.1, 0.15) is 17.3 Å². The molecule has 3 rings (SSSR count). The van der Waals surface area contributed by atoms with Crippen LogP contribution in [0.4, 0.5) is 5.82 Å². The highest BCUT2D eigenvalue weighted by atomic mass is 16.5. The third-order valence-corrected chi connectivity index (χ3v) is 4.62. The van der Waals surface area contributed by atoms with Crippen LogP contribution < -0.4 is 4.90 Å². The zero-order chi connectivity index (χ0) is 17.1. The second-order valence-electron chi connectivity index (χ2n) is 6.41. The van der Waals surface area contributed by atoms with E-state index in [1.54, 1.807) is 7.11 Å². The molecule has 7 nitrogen and oxygen atoms in total. The topological polar surface area (TPSA) is 69.0 Å². The number of rotatable bonds is 6. The van der Waals surface area contributed by atoms with Crippen molar-refractivity contribution in [3.8, 4) is 0 Å². The van der Waals surface area contributed by atoms with Crippen LogP contribution in [0.5, 0.6) is 0 Å². The number of aromatic nitrogens is 5. The molecule has 1 aliphatic heterocycles. The van der Waals surface area contributed by atoms with Crippen LogP contribution in [0.1, 0.15) is 49.1 Å². The molecule has 0 saturated heterocycles. The van der Waals surface area contributed by atoms with Gasteiger partial charge in [0.05, 0.1) is 25.4 Å². The predicted molar refractivity (Wildman–Crippen MR) is 92.1 cm³/mol. The second-order valence-corrected chi connectivity index (χ2v) is 6.41. The Bertz CT molecular complexity index is 698. The molecule has 3 heterocycles. The summed E-state index contributed by atoms with van der Waals surface area (Å²) >= 11 is 0. The van der Waals surface area contributed by atoms with Gasteiger partial charge in [0.2, 0.25) is 0 Å². The molecule has 1 unspecified atom stereocenters. The minimum Gasteiger partial charge on any atom is -0.383 e. The van der Waals surface area contributed by atoms with Gasteiger partial charge in [-0.1, -0.05) is 19.1 Å². The van der Waals surface area contributed by atoms with E-state index >= 15 is 0 Å². The second kappa shape index (κ2) is 7.25. The number of methoxy groups -OCH3 is 1. The van der Waals surface area contributed by atoms with Gasteiger partial charge in [0.25, 0.3) is 0 Å². The van der Waals surface area contributed by atoms with Gasteiger partial charge in [-0.2, -0.15) is 0 Å². The molecule has 0 aromatic carbocycles. The van der Waals surface area contributed by atoms with Crippen LogP contribution in [0.3, 0.4) is 0 Å². The fourth-order valence-corrected chi connectivity index (χ4v) is 2.96. The maximum absolute atomic E-state index is 5.14. The highest BCUT2D eigenvalue weighted by Crippen LogP contribution is 2.24. The molecule has 0 bridgehead atoms. The van der Waals surface area contributed by atoms with E-state index in [2.05, 4.69) is 40.1 Å². The van der Waals surface area contributed by atoms with Crippen LogP contribution in [-0.2, 0) is 24.2 Å². The van der Waals surface area contributed by atoms with Crippen LogP contribution in [0.25, 0.3) is 0 Å². The fourth-order valence-electron chi connectivity index (χ4n) is 2.96. The lowest BCUT2D eigenvalue weighted by Gasteiger charge is -2.28. The Hall–Kier alpha value is -2.02. The molecular formula is C17H26N6O. The molecule has 2 aromatic rings. The Kier molecular flexibility index (Phi) is 5.08. The van der Waals surface area contributed by atoms with Crippen molar-refractivity contribution in [2.75, 3.05) is 25.2 Å². The summed E-state index contributed by atoms with van der Waals surface area (Å²) in [5.41, 5.74) is 3.28. The van der Waals surface area contributed by atoms with Gasteiger partial charge in [-0.15, -0.1) is 5.10 Å². The molecule has 130 valence electrons. The smallest absolute Gasteiger partial charge is 0.133 e. The van der Waals surface area contributed by atoms with Gasteiger partial charge in [0.15, 0.2) is 0 Å².